The molecule has 146 valence electrons. The number of rotatable bonds is 5. The molecule has 0 radical (unpaired) electrons. The lowest BCUT2D eigenvalue weighted by Crippen LogP contribution is -2.23. The van der Waals surface area contributed by atoms with Crippen molar-refractivity contribution >= 4 is 16.9 Å². The molecule has 3 aromatic heterocycles. The molecule has 0 saturated carbocycles. The average Bonchev–Trinajstić information content (AvgIpc) is 3.35. The van der Waals surface area contributed by atoms with Crippen LogP contribution in [0.15, 0.2) is 67.1 Å². The van der Waals surface area contributed by atoms with Gasteiger partial charge in [-0.3, -0.25) is 9.88 Å². The van der Waals surface area contributed by atoms with E-state index in [9.17, 15) is 4.39 Å². The molecule has 1 unspecified atom stereocenters. The fourth-order valence-corrected chi connectivity index (χ4v) is 4.01. The van der Waals surface area contributed by atoms with E-state index in [1.807, 2.05) is 36.8 Å². The molecule has 1 aliphatic rings. The van der Waals surface area contributed by atoms with Gasteiger partial charge >= 0.3 is 0 Å². The molecule has 1 atom stereocenters. The molecule has 0 aliphatic carbocycles. The third-order valence-corrected chi connectivity index (χ3v) is 5.37. The lowest BCUT2D eigenvalue weighted by Gasteiger charge is -2.23. The number of benzene rings is 1. The second-order valence-corrected chi connectivity index (χ2v) is 7.34. The van der Waals surface area contributed by atoms with Crippen LogP contribution >= 0.6 is 0 Å². The minimum atomic E-state index is -0.269. The largest absolute Gasteiger partial charge is 0.354 e. The Kier molecular flexibility index (Phi) is 4.65. The predicted octanol–water partition coefficient (Wildman–Crippen LogP) is 4.34. The first kappa shape index (κ1) is 17.8. The Morgan fingerprint density at radius 1 is 1.07 bits per heavy atom. The van der Waals surface area contributed by atoms with Crippen molar-refractivity contribution in [1.82, 2.24) is 24.7 Å². The molecule has 29 heavy (non-hydrogen) atoms. The smallest absolute Gasteiger partial charge is 0.125 e. The first-order valence-corrected chi connectivity index (χ1v) is 9.77. The zero-order chi connectivity index (χ0) is 19.6. The lowest BCUT2D eigenvalue weighted by molar-refractivity contribution is 0.245. The van der Waals surface area contributed by atoms with E-state index in [-0.39, 0.29) is 11.9 Å². The molecule has 5 rings (SSSR count). The predicted molar refractivity (Wildman–Crippen MR) is 109 cm³/mol. The molecule has 1 fully saturated rings. The highest BCUT2D eigenvalue weighted by Gasteiger charge is 2.29. The maximum Gasteiger partial charge on any atom is 0.125 e. The van der Waals surface area contributed by atoms with Gasteiger partial charge in [-0.2, -0.15) is 0 Å². The van der Waals surface area contributed by atoms with Gasteiger partial charge in [-0.1, -0.05) is 11.3 Å². The van der Waals surface area contributed by atoms with Crippen molar-refractivity contribution in [2.24, 2.45) is 0 Å². The summed E-state index contributed by atoms with van der Waals surface area (Å²) in [5.74, 6) is -0.269. The normalized spacial score (nSPS) is 17.1. The van der Waals surface area contributed by atoms with Crippen LogP contribution in [0.1, 0.15) is 30.1 Å². The molecule has 0 amide bonds. The Bertz CT molecular complexity index is 1130. The Hall–Kier alpha value is -3.32. The van der Waals surface area contributed by atoms with Crippen LogP contribution in [-0.4, -0.2) is 31.3 Å². The van der Waals surface area contributed by atoms with E-state index in [1.165, 1.54) is 17.7 Å². The Labute approximate surface area is 168 Å². The van der Waals surface area contributed by atoms with Gasteiger partial charge in [0.15, 0.2) is 0 Å². The molecule has 0 bridgehead atoms. The summed E-state index contributed by atoms with van der Waals surface area (Å²) in [7, 11) is 0. The van der Waals surface area contributed by atoms with Crippen LogP contribution in [0.3, 0.4) is 0 Å². The monoisotopic (exact) mass is 388 g/mol. The highest BCUT2D eigenvalue weighted by atomic mass is 19.1. The number of anilines is 2. The van der Waals surface area contributed by atoms with Gasteiger partial charge in [0, 0.05) is 24.6 Å². The Morgan fingerprint density at radius 3 is 2.83 bits per heavy atom. The van der Waals surface area contributed by atoms with Gasteiger partial charge in [-0.15, -0.1) is 5.10 Å². The van der Waals surface area contributed by atoms with Gasteiger partial charge in [-0.25, -0.2) is 8.91 Å². The lowest BCUT2D eigenvalue weighted by atomic mass is 10.1. The van der Waals surface area contributed by atoms with Crippen molar-refractivity contribution in [1.29, 1.82) is 0 Å². The van der Waals surface area contributed by atoms with E-state index in [0.29, 0.717) is 5.69 Å². The fourth-order valence-electron chi connectivity index (χ4n) is 4.01. The number of nitrogens with zero attached hydrogens (tertiary/aromatic N) is 5. The van der Waals surface area contributed by atoms with Gasteiger partial charge in [-0.05, 0) is 67.4 Å². The van der Waals surface area contributed by atoms with Crippen molar-refractivity contribution in [3.8, 4) is 0 Å². The van der Waals surface area contributed by atoms with E-state index in [2.05, 4.69) is 37.6 Å². The van der Waals surface area contributed by atoms with Crippen LogP contribution in [0.25, 0.3) is 5.52 Å². The summed E-state index contributed by atoms with van der Waals surface area (Å²) in [5, 5.41) is 12.1. The number of aromatic nitrogens is 4. The van der Waals surface area contributed by atoms with Crippen LogP contribution in [0.2, 0.25) is 0 Å². The Morgan fingerprint density at radius 2 is 1.97 bits per heavy atom. The topological polar surface area (TPSA) is 58.3 Å². The highest BCUT2D eigenvalue weighted by Crippen LogP contribution is 2.34. The maximum atomic E-state index is 13.4. The summed E-state index contributed by atoms with van der Waals surface area (Å²) in [4.78, 5) is 6.56. The molecule has 4 heterocycles. The number of hydrogen-bond acceptors (Lipinski definition) is 5. The van der Waals surface area contributed by atoms with Crippen molar-refractivity contribution in [2.75, 3.05) is 11.9 Å². The molecule has 1 N–H and O–H groups in total. The van der Waals surface area contributed by atoms with Gasteiger partial charge in [0.1, 0.15) is 11.5 Å². The minimum absolute atomic E-state index is 0.252. The van der Waals surface area contributed by atoms with E-state index in [1.54, 1.807) is 10.6 Å². The van der Waals surface area contributed by atoms with E-state index in [4.69, 9.17) is 0 Å². The van der Waals surface area contributed by atoms with Crippen LogP contribution in [-0.2, 0) is 6.54 Å². The number of hydrogen-bond donors (Lipinski definition) is 1. The third kappa shape index (κ3) is 3.69. The van der Waals surface area contributed by atoms with Gasteiger partial charge in [0.05, 0.1) is 23.4 Å². The zero-order valence-corrected chi connectivity index (χ0v) is 15.9. The quantitative estimate of drug-likeness (QED) is 0.551. The van der Waals surface area contributed by atoms with Crippen LogP contribution in [0.4, 0.5) is 15.8 Å². The van der Waals surface area contributed by atoms with E-state index < -0.39 is 0 Å². The fraction of sp³-hybridized carbons (Fsp3) is 0.227. The number of fused-ring (bicyclic) bond motifs is 1. The summed E-state index contributed by atoms with van der Waals surface area (Å²) < 4.78 is 15.2. The molecular formula is C22H21FN6. The third-order valence-electron chi connectivity index (χ3n) is 5.37. The first-order valence-electron chi connectivity index (χ1n) is 9.77. The molecular weight excluding hydrogens is 367 g/mol. The summed E-state index contributed by atoms with van der Waals surface area (Å²) in [6, 6.07) is 14.8. The SMILES string of the molecule is Fc1cccc(Nc2ccc3c(C4CCCN4Cc4ccncc4)nnn3c2)c1. The van der Waals surface area contributed by atoms with Crippen molar-refractivity contribution in [3.05, 3.63) is 84.2 Å². The number of nitrogens with one attached hydrogen (secondary N) is 1. The van der Waals surface area contributed by atoms with Crippen molar-refractivity contribution < 1.29 is 4.39 Å². The molecule has 1 saturated heterocycles. The van der Waals surface area contributed by atoms with Crippen molar-refractivity contribution in [3.63, 3.8) is 0 Å². The van der Waals surface area contributed by atoms with Gasteiger partial charge in [0.25, 0.3) is 0 Å². The van der Waals surface area contributed by atoms with Crippen molar-refractivity contribution in [2.45, 2.75) is 25.4 Å². The highest BCUT2D eigenvalue weighted by molar-refractivity contribution is 5.63. The molecule has 7 heteroatoms. The Balaban J connectivity index is 1.39. The maximum absolute atomic E-state index is 13.4. The van der Waals surface area contributed by atoms with Gasteiger partial charge < -0.3 is 5.32 Å². The van der Waals surface area contributed by atoms with E-state index in [0.717, 1.165) is 42.8 Å². The van der Waals surface area contributed by atoms with Crippen LogP contribution in [0.5, 0.6) is 0 Å². The number of pyridine rings is 2. The number of halogens is 1. The molecule has 1 aromatic carbocycles. The van der Waals surface area contributed by atoms with Crippen LogP contribution in [0, 0.1) is 5.82 Å². The summed E-state index contributed by atoms with van der Waals surface area (Å²) in [6.07, 6.45) is 7.78. The summed E-state index contributed by atoms with van der Waals surface area (Å²) >= 11 is 0. The molecule has 0 spiro atoms. The molecule has 6 nitrogen and oxygen atoms in total. The van der Waals surface area contributed by atoms with E-state index >= 15 is 0 Å². The van der Waals surface area contributed by atoms with Gasteiger partial charge in [0.2, 0.25) is 0 Å². The standard InChI is InChI=1S/C22H21FN6/c23-17-3-1-4-18(13-17)25-19-6-7-21-22(26-27-29(21)15-19)20-5-2-12-28(20)14-16-8-10-24-11-9-16/h1,3-4,6-11,13,15,20,25H,2,5,12,14H2. The molecule has 4 aromatic rings. The summed E-state index contributed by atoms with van der Waals surface area (Å²) in [6.45, 7) is 1.93. The second kappa shape index (κ2) is 7.60. The average molecular weight is 388 g/mol. The first-order chi connectivity index (χ1) is 14.3. The second-order valence-electron chi connectivity index (χ2n) is 7.34. The zero-order valence-electron chi connectivity index (χ0n) is 15.9. The van der Waals surface area contributed by atoms with Crippen LogP contribution < -0.4 is 5.32 Å². The minimum Gasteiger partial charge on any atom is -0.354 e. The molecule has 1 aliphatic heterocycles. The number of likely N-dealkylation sites (tertiary alicyclic amines) is 1. The summed E-state index contributed by atoms with van der Waals surface area (Å²) in [5.41, 5.74) is 4.80.